The van der Waals surface area contributed by atoms with Gasteiger partial charge in [-0.15, -0.1) is 0 Å². The Balaban J connectivity index is 1.54. The van der Waals surface area contributed by atoms with Crippen LogP contribution in [0.5, 0.6) is 0 Å². The van der Waals surface area contributed by atoms with Crippen LogP contribution in [0.3, 0.4) is 0 Å². The van der Waals surface area contributed by atoms with Crippen molar-refractivity contribution in [2.24, 2.45) is 23.7 Å². The quantitative estimate of drug-likeness (QED) is 0.317. The van der Waals surface area contributed by atoms with Gasteiger partial charge in [-0.2, -0.15) is 13.2 Å². The molecule has 0 heterocycles. The fourth-order valence-corrected chi connectivity index (χ4v) is 9.21. The molecule has 0 aliphatic heterocycles. The molecule has 3 aliphatic carbocycles. The first-order chi connectivity index (χ1) is 18.1. The molecule has 3 nitrogen and oxygen atoms in total. The van der Waals surface area contributed by atoms with Crippen molar-refractivity contribution >= 4 is 33.0 Å². The smallest absolute Gasteiger partial charge is 0.303 e. The minimum atomic E-state index is -4.65. The second-order valence-electron chi connectivity index (χ2n) is 11.3. The molecular weight excluding hydrogens is 509 g/mol. The number of benzene rings is 3. The molecule has 38 heavy (non-hydrogen) atoms. The van der Waals surface area contributed by atoms with Crippen LogP contribution in [0.25, 0.3) is 16.8 Å². The molecule has 7 heteroatoms. The van der Waals surface area contributed by atoms with Gasteiger partial charge in [-0.05, 0) is 90.5 Å². The summed E-state index contributed by atoms with van der Waals surface area (Å²) in [5, 5.41) is 2.04. The van der Waals surface area contributed by atoms with Crippen LogP contribution in [0.1, 0.15) is 55.2 Å². The van der Waals surface area contributed by atoms with Crippen molar-refractivity contribution in [1.29, 1.82) is 0 Å². The highest BCUT2D eigenvalue weighted by molar-refractivity contribution is 7.92. The zero-order valence-electron chi connectivity index (χ0n) is 21.0. The van der Waals surface area contributed by atoms with E-state index in [1.54, 1.807) is 6.92 Å². The van der Waals surface area contributed by atoms with E-state index in [0.717, 1.165) is 53.2 Å². The molecule has 0 amide bonds. The van der Waals surface area contributed by atoms with Gasteiger partial charge in [0.25, 0.3) is 0 Å². The lowest BCUT2D eigenvalue weighted by Gasteiger charge is -2.51. The van der Waals surface area contributed by atoms with Gasteiger partial charge < -0.3 is 4.79 Å². The number of alkyl halides is 3. The van der Waals surface area contributed by atoms with Crippen LogP contribution in [0.4, 0.5) is 13.2 Å². The number of aldehydes is 1. The van der Waals surface area contributed by atoms with E-state index in [-0.39, 0.29) is 29.1 Å². The molecule has 0 N–H and O–H groups in total. The number of carbonyl (C=O) groups excluding carboxylic acids is 1. The zero-order chi connectivity index (χ0) is 26.9. The summed E-state index contributed by atoms with van der Waals surface area (Å²) in [6, 6.07) is 16.0. The average molecular weight is 539 g/mol. The third-order valence-electron chi connectivity index (χ3n) is 9.24. The summed E-state index contributed by atoms with van der Waals surface area (Å²) < 4.78 is 67.9. The fraction of sp³-hybridized carbons (Fsp3) is 0.387. The van der Waals surface area contributed by atoms with E-state index in [4.69, 9.17) is 0 Å². The average Bonchev–Trinajstić information content (AvgIpc) is 3.75. The van der Waals surface area contributed by atoms with Crippen molar-refractivity contribution < 1.29 is 26.4 Å². The maximum atomic E-state index is 14.3. The summed E-state index contributed by atoms with van der Waals surface area (Å²) in [5.74, 6) is -0.528. The van der Waals surface area contributed by atoms with Crippen LogP contribution < -0.4 is 0 Å². The van der Waals surface area contributed by atoms with Crippen LogP contribution in [0.2, 0.25) is 0 Å². The molecule has 2 fully saturated rings. The van der Waals surface area contributed by atoms with Crippen LogP contribution in [0, 0.1) is 23.7 Å². The third kappa shape index (κ3) is 3.84. The maximum Gasteiger partial charge on any atom is 0.416 e. The Kier molecular flexibility index (Phi) is 5.87. The van der Waals surface area contributed by atoms with Crippen molar-refractivity contribution in [2.45, 2.75) is 54.3 Å². The topological polar surface area (TPSA) is 51.2 Å². The molecule has 6 rings (SSSR count). The lowest BCUT2D eigenvalue weighted by molar-refractivity contribution is -0.137. The molecule has 0 radical (unpaired) electrons. The summed E-state index contributed by atoms with van der Waals surface area (Å²) in [6.07, 6.45) is 3.34. The number of fused-ring (bicyclic) bond motifs is 5. The molecule has 0 spiro atoms. The highest BCUT2D eigenvalue weighted by Gasteiger charge is 2.57. The first kappa shape index (κ1) is 25.4. The summed E-state index contributed by atoms with van der Waals surface area (Å²) in [5.41, 5.74) is 0.862. The molecule has 3 aliphatic rings. The van der Waals surface area contributed by atoms with E-state index in [1.165, 1.54) is 12.1 Å². The van der Waals surface area contributed by atoms with Gasteiger partial charge in [-0.1, -0.05) is 54.6 Å². The standard InChI is InChI=1S/C31H29F3O3S/c1-30(38(36,37)22-7-4-6-21(17-22)31(32,33)34)16-15-25(28(18-35)20-9-10-20)27-14-13-24-23-8-3-2-5-19(23)11-12-26(24)29(27)30/h2-8,11-14,17-18,20,25,27-29H,9-10,15-16H2,1H3. The maximum absolute atomic E-state index is 14.3. The molecule has 3 aromatic rings. The van der Waals surface area contributed by atoms with Crippen LogP contribution in [-0.2, 0) is 20.8 Å². The van der Waals surface area contributed by atoms with Gasteiger partial charge in [0.05, 0.1) is 15.2 Å². The zero-order valence-corrected chi connectivity index (χ0v) is 21.8. The largest absolute Gasteiger partial charge is 0.416 e. The summed E-state index contributed by atoms with van der Waals surface area (Å²) in [7, 11) is -4.19. The van der Waals surface area contributed by atoms with E-state index in [1.807, 2.05) is 36.4 Å². The minimum absolute atomic E-state index is 0.00865. The molecule has 5 unspecified atom stereocenters. The van der Waals surface area contributed by atoms with E-state index in [9.17, 15) is 26.4 Å². The number of hydrogen-bond acceptors (Lipinski definition) is 3. The van der Waals surface area contributed by atoms with E-state index in [0.29, 0.717) is 12.3 Å². The Bertz CT molecular complexity index is 1550. The Morgan fingerprint density at radius 3 is 2.47 bits per heavy atom. The van der Waals surface area contributed by atoms with Crippen molar-refractivity contribution in [1.82, 2.24) is 0 Å². The number of rotatable bonds is 5. The van der Waals surface area contributed by atoms with Gasteiger partial charge in [-0.25, -0.2) is 8.42 Å². The molecule has 2 saturated carbocycles. The molecule has 3 aromatic carbocycles. The molecule has 0 aromatic heterocycles. The molecule has 0 saturated heterocycles. The highest BCUT2D eigenvalue weighted by Crippen LogP contribution is 2.59. The lowest BCUT2D eigenvalue weighted by atomic mass is 9.58. The number of hydrogen-bond donors (Lipinski definition) is 0. The SMILES string of the molecule is CC1(S(=O)(=O)c2cccc(C(F)(F)F)c2)CCC(C(C=O)C2CC2)C2C=Cc3c(ccc4ccccc34)C21. The Morgan fingerprint density at radius 2 is 1.76 bits per heavy atom. The van der Waals surface area contributed by atoms with Gasteiger partial charge in [0.2, 0.25) is 0 Å². The second-order valence-corrected chi connectivity index (χ2v) is 13.7. The lowest BCUT2D eigenvalue weighted by Crippen LogP contribution is -2.52. The first-order valence-corrected chi connectivity index (χ1v) is 14.6. The molecule has 198 valence electrons. The van der Waals surface area contributed by atoms with Gasteiger partial charge in [0.15, 0.2) is 9.84 Å². The molecule has 0 bridgehead atoms. The van der Waals surface area contributed by atoms with E-state index in [2.05, 4.69) is 12.2 Å². The van der Waals surface area contributed by atoms with Gasteiger partial charge in [-0.3, -0.25) is 0 Å². The van der Waals surface area contributed by atoms with Gasteiger partial charge in [0.1, 0.15) is 6.29 Å². The number of allylic oxidation sites excluding steroid dienone is 1. The monoisotopic (exact) mass is 538 g/mol. The number of carbonyl (C=O) groups is 1. The number of halogens is 3. The molecular formula is C31H29F3O3S. The Labute approximate surface area is 220 Å². The van der Waals surface area contributed by atoms with Gasteiger partial charge >= 0.3 is 6.18 Å². The van der Waals surface area contributed by atoms with Crippen LogP contribution in [-0.4, -0.2) is 19.5 Å². The second kappa shape index (κ2) is 8.80. The van der Waals surface area contributed by atoms with Crippen molar-refractivity contribution in [2.75, 3.05) is 0 Å². The Morgan fingerprint density at radius 1 is 1.00 bits per heavy atom. The summed E-state index contributed by atoms with van der Waals surface area (Å²) in [6.45, 7) is 1.70. The molecule has 5 atom stereocenters. The fourth-order valence-electron chi connectivity index (χ4n) is 7.12. The Hall–Kier alpha value is -2.93. The van der Waals surface area contributed by atoms with Crippen molar-refractivity contribution in [3.63, 3.8) is 0 Å². The van der Waals surface area contributed by atoms with Gasteiger partial charge in [0, 0.05) is 11.8 Å². The van der Waals surface area contributed by atoms with Crippen molar-refractivity contribution in [3.05, 3.63) is 83.4 Å². The predicted molar refractivity (Wildman–Crippen MR) is 141 cm³/mol. The first-order valence-electron chi connectivity index (χ1n) is 13.1. The summed E-state index contributed by atoms with van der Waals surface area (Å²) in [4.78, 5) is 11.9. The predicted octanol–water partition coefficient (Wildman–Crippen LogP) is 7.45. The van der Waals surface area contributed by atoms with Crippen LogP contribution in [0.15, 0.2) is 71.6 Å². The van der Waals surface area contributed by atoms with Crippen LogP contribution >= 0.6 is 0 Å². The van der Waals surface area contributed by atoms with Crippen molar-refractivity contribution in [3.8, 4) is 0 Å². The normalized spacial score (nSPS) is 27.9. The minimum Gasteiger partial charge on any atom is -0.303 e. The summed E-state index contributed by atoms with van der Waals surface area (Å²) >= 11 is 0. The number of sulfone groups is 1. The van der Waals surface area contributed by atoms with E-state index >= 15 is 0 Å². The third-order valence-corrected chi connectivity index (χ3v) is 11.8. The highest BCUT2D eigenvalue weighted by atomic mass is 32.2. The van der Waals surface area contributed by atoms with E-state index < -0.39 is 32.2 Å².